The predicted molar refractivity (Wildman–Crippen MR) is 63.2 cm³/mol. The van der Waals surface area contributed by atoms with Gasteiger partial charge >= 0.3 is 0 Å². The lowest BCUT2D eigenvalue weighted by Gasteiger charge is -2.33. The largest absolute Gasteiger partial charge is 0.227 e. The molecule has 1 rings (SSSR count). The van der Waals surface area contributed by atoms with Crippen molar-refractivity contribution in [3.05, 3.63) is 0 Å². The van der Waals surface area contributed by atoms with Gasteiger partial charge in [0.1, 0.15) is 0 Å². The second kappa shape index (κ2) is 5.15. The summed E-state index contributed by atoms with van der Waals surface area (Å²) in [6, 6.07) is 1.75. The van der Waals surface area contributed by atoms with Gasteiger partial charge in [0.2, 0.25) is 10.0 Å². The molecule has 4 nitrogen and oxygen atoms in total. The minimum absolute atomic E-state index is 0.0699. The van der Waals surface area contributed by atoms with Crippen LogP contribution < -0.4 is 4.72 Å². The first-order valence-corrected chi connectivity index (χ1v) is 7.32. The molecule has 0 aliphatic heterocycles. The molecule has 1 aliphatic carbocycles. The van der Waals surface area contributed by atoms with E-state index in [1.165, 1.54) is 26.2 Å². The van der Waals surface area contributed by atoms with Crippen molar-refractivity contribution >= 4 is 10.0 Å². The molecule has 0 saturated heterocycles. The summed E-state index contributed by atoms with van der Waals surface area (Å²) < 4.78 is 25.8. The first-order chi connectivity index (χ1) is 7.40. The zero-order chi connectivity index (χ0) is 12.2. The van der Waals surface area contributed by atoms with Crippen LogP contribution in [0.5, 0.6) is 0 Å². The quantitative estimate of drug-likeness (QED) is 0.819. The lowest BCUT2D eigenvalue weighted by molar-refractivity contribution is 0.219. The van der Waals surface area contributed by atoms with E-state index in [1.54, 1.807) is 6.07 Å². The first-order valence-electron chi connectivity index (χ1n) is 5.78. The maximum Gasteiger partial charge on any atom is 0.227 e. The van der Waals surface area contributed by atoms with Gasteiger partial charge in [0.25, 0.3) is 0 Å². The molecule has 1 N–H and O–H groups in total. The van der Waals surface area contributed by atoms with E-state index in [0.717, 1.165) is 12.8 Å². The molecule has 0 radical (unpaired) electrons. The van der Waals surface area contributed by atoms with Crippen LogP contribution in [-0.2, 0) is 10.0 Å². The Morgan fingerprint density at radius 2 is 1.94 bits per heavy atom. The molecule has 0 bridgehead atoms. The Labute approximate surface area is 98.1 Å². The van der Waals surface area contributed by atoms with Gasteiger partial charge in [0.15, 0.2) is 5.25 Å². The molecular weight excluding hydrogens is 224 g/mol. The van der Waals surface area contributed by atoms with Crippen molar-refractivity contribution in [1.29, 1.82) is 5.26 Å². The van der Waals surface area contributed by atoms with Gasteiger partial charge in [0, 0.05) is 6.54 Å². The Bertz CT molecular complexity index is 364. The molecular formula is C11H20N2O2S. The fourth-order valence-electron chi connectivity index (χ4n) is 2.05. The second-order valence-electron chi connectivity index (χ2n) is 5.01. The maximum absolute atomic E-state index is 11.6. The third-order valence-corrected chi connectivity index (χ3v) is 4.99. The number of sulfonamides is 1. The van der Waals surface area contributed by atoms with Crippen molar-refractivity contribution in [3.63, 3.8) is 0 Å². The maximum atomic E-state index is 11.6. The Morgan fingerprint density at radius 3 is 2.44 bits per heavy atom. The summed E-state index contributed by atoms with van der Waals surface area (Å²) >= 11 is 0. The van der Waals surface area contributed by atoms with Crippen LogP contribution in [-0.4, -0.2) is 20.2 Å². The molecule has 16 heavy (non-hydrogen) atoms. The number of hydrogen-bond acceptors (Lipinski definition) is 3. The van der Waals surface area contributed by atoms with Crippen LogP contribution in [0.2, 0.25) is 0 Å². The smallest absolute Gasteiger partial charge is 0.214 e. The molecule has 0 spiro atoms. The summed E-state index contributed by atoms with van der Waals surface area (Å²) in [5.41, 5.74) is 0.0699. The van der Waals surface area contributed by atoms with Crippen molar-refractivity contribution in [2.45, 2.75) is 51.2 Å². The van der Waals surface area contributed by atoms with E-state index in [4.69, 9.17) is 5.26 Å². The van der Waals surface area contributed by atoms with Gasteiger partial charge in [-0.3, -0.25) is 0 Å². The summed E-state index contributed by atoms with van der Waals surface area (Å²) in [4.78, 5) is 0. The van der Waals surface area contributed by atoms with E-state index in [1.807, 2.05) is 0 Å². The van der Waals surface area contributed by atoms with Crippen LogP contribution in [0.25, 0.3) is 0 Å². The molecule has 0 aromatic rings. The molecule has 5 heteroatoms. The Morgan fingerprint density at radius 1 is 1.38 bits per heavy atom. The SMILES string of the molecule is CC(C#N)S(=O)(=O)NCC1(C)CCCCC1. The highest BCUT2D eigenvalue weighted by Gasteiger charge is 2.29. The van der Waals surface area contributed by atoms with Crippen LogP contribution in [0.3, 0.4) is 0 Å². The van der Waals surface area contributed by atoms with Gasteiger partial charge in [-0.15, -0.1) is 0 Å². The summed E-state index contributed by atoms with van der Waals surface area (Å²) in [6.07, 6.45) is 5.72. The van der Waals surface area contributed by atoms with Gasteiger partial charge in [-0.2, -0.15) is 5.26 Å². The minimum atomic E-state index is -3.46. The van der Waals surface area contributed by atoms with E-state index >= 15 is 0 Å². The summed E-state index contributed by atoms with van der Waals surface area (Å²) in [7, 11) is -3.46. The Hall–Kier alpha value is -0.600. The first kappa shape index (κ1) is 13.5. The van der Waals surface area contributed by atoms with Crippen molar-refractivity contribution < 1.29 is 8.42 Å². The van der Waals surface area contributed by atoms with Crippen LogP contribution in [0, 0.1) is 16.7 Å². The number of hydrogen-bond donors (Lipinski definition) is 1. The van der Waals surface area contributed by atoms with E-state index in [9.17, 15) is 8.42 Å². The number of nitriles is 1. The average Bonchev–Trinajstić information content (AvgIpc) is 2.27. The van der Waals surface area contributed by atoms with E-state index in [-0.39, 0.29) is 5.41 Å². The summed E-state index contributed by atoms with van der Waals surface area (Å²) in [5, 5.41) is 7.63. The Balaban J connectivity index is 2.54. The van der Waals surface area contributed by atoms with E-state index < -0.39 is 15.3 Å². The molecule has 0 aromatic carbocycles. The molecule has 1 aliphatic rings. The minimum Gasteiger partial charge on any atom is -0.214 e. The third kappa shape index (κ3) is 3.46. The Kier molecular flexibility index (Phi) is 4.34. The van der Waals surface area contributed by atoms with Crippen LogP contribution in [0.15, 0.2) is 0 Å². The number of rotatable bonds is 4. The van der Waals surface area contributed by atoms with Gasteiger partial charge in [-0.25, -0.2) is 13.1 Å². The second-order valence-corrected chi connectivity index (χ2v) is 7.09. The standard InChI is InChI=1S/C11H20N2O2S/c1-10(8-12)16(14,15)13-9-11(2)6-4-3-5-7-11/h10,13H,3-7,9H2,1-2H3. The van der Waals surface area contributed by atoms with Gasteiger partial charge in [-0.1, -0.05) is 26.2 Å². The van der Waals surface area contributed by atoms with Crippen molar-refractivity contribution in [3.8, 4) is 6.07 Å². The number of nitrogens with zero attached hydrogens (tertiary/aromatic N) is 1. The predicted octanol–water partition coefficient (Wildman–Crippen LogP) is 1.79. The van der Waals surface area contributed by atoms with Crippen LogP contribution in [0.1, 0.15) is 46.0 Å². The molecule has 1 atom stereocenters. The highest BCUT2D eigenvalue weighted by atomic mass is 32.2. The van der Waals surface area contributed by atoms with Crippen LogP contribution >= 0.6 is 0 Å². The summed E-state index contributed by atoms with van der Waals surface area (Å²) in [6.45, 7) is 3.98. The monoisotopic (exact) mass is 244 g/mol. The van der Waals surface area contributed by atoms with Gasteiger partial charge < -0.3 is 0 Å². The van der Waals surface area contributed by atoms with Crippen LogP contribution in [0.4, 0.5) is 0 Å². The average molecular weight is 244 g/mol. The highest BCUT2D eigenvalue weighted by molar-refractivity contribution is 7.90. The zero-order valence-electron chi connectivity index (χ0n) is 9.99. The molecule has 0 aromatic heterocycles. The van der Waals surface area contributed by atoms with Crippen molar-refractivity contribution in [2.24, 2.45) is 5.41 Å². The van der Waals surface area contributed by atoms with Crippen molar-refractivity contribution in [2.75, 3.05) is 6.54 Å². The lowest BCUT2D eigenvalue weighted by atomic mass is 9.76. The fraction of sp³-hybridized carbons (Fsp3) is 0.909. The van der Waals surface area contributed by atoms with Gasteiger partial charge in [-0.05, 0) is 25.2 Å². The van der Waals surface area contributed by atoms with Gasteiger partial charge in [0.05, 0.1) is 6.07 Å². The zero-order valence-corrected chi connectivity index (χ0v) is 10.8. The molecule has 1 saturated carbocycles. The highest BCUT2D eigenvalue weighted by Crippen LogP contribution is 2.35. The normalized spacial score (nSPS) is 22.3. The van der Waals surface area contributed by atoms with E-state index in [0.29, 0.717) is 6.54 Å². The lowest BCUT2D eigenvalue weighted by Crippen LogP contribution is -2.40. The molecule has 92 valence electrons. The third-order valence-electron chi connectivity index (χ3n) is 3.41. The van der Waals surface area contributed by atoms with Crippen molar-refractivity contribution in [1.82, 2.24) is 4.72 Å². The fourth-order valence-corrected chi connectivity index (χ4v) is 2.99. The molecule has 0 heterocycles. The molecule has 1 unspecified atom stereocenters. The topological polar surface area (TPSA) is 70.0 Å². The molecule has 0 amide bonds. The summed E-state index contributed by atoms with van der Waals surface area (Å²) in [5.74, 6) is 0. The molecule has 1 fully saturated rings. The number of nitrogens with one attached hydrogen (secondary N) is 1. The van der Waals surface area contributed by atoms with E-state index in [2.05, 4.69) is 11.6 Å².